The van der Waals surface area contributed by atoms with Gasteiger partial charge >= 0.3 is 0 Å². The molecule has 0 fully saturated rings. The minimum absolute atomic E-state index is 0.0694. The maximum Gasteiger partial charge on any atom is 0.273 e. The molecule has 0 saturated carbocycles. The van der Waals surface area contributed by atoms with Gasteiger partial charge in [-0.3, -0.25) is 10.1 Å². The summed E-state index contributed by atoms with van der Waals surface area (Å²) < 4.78 is 19.0. The van der Waals surface area contributed by atoms with Crippen LogP contribution < -0.4 is 10.5 Å². The van der Waals surface area contributed by atoms with Crippen LogP contribution in [-0.4, -0.2) is 4.92 Å². The van der Waals surface area contributed by atoms with Gasteiger partial charge in [-0.15, -0.1) is 0 Å². The Bertz CT molecular complexity index is 687. The molecule has 0 aliphatic heterocycles. The first-order valence-corrected chi connectivity index (χ1v) is 6.36. The molecule has 0 spiro atoms. The standard InChI is InChI=1S/C15H15FN2O3/c1-9-3-5-12(18(19)20)8-15(9)21-14-6-4-11(16)7-13(14)10(2)17/h3-8,10H,17H2,1-2H3/t10-/m0/s1. The van der Waals surface area contributed by atoms with Crippen LogP contribution in [0.2, 0.25) is 0 Å². The molecule has 6 heteroatoms. The maximum atomic E-state index is 13.3. The lowest BCUT2D eigenvalue weighted by molar-refractivity contribution is -0.384. The predicted octanol–water partition coefficient (Wildman–Crippen LogP) is 3.85. The molecule has 2 rings (SSSR count). The van der Waals surface area contributed by atoms with Gasteiger partial charge in [-0.05, 0) is 43.7 Å². The topological polar surface area (TPSA) is 78.4 Å². The number of nitrogens with zero attached hydrogens (tertiary/aromatic N) is 1. The summed E-state index contributed by atoms with van der Waals surface area (Å²) in [7, 11) is 0. The van der Waals surface area contributed by atoms with Crippen LogP contribution in [0.25, 0.3) is 0 Å². The molecular weight excluding hydrogens is 275 g/mol. The predicted molar refractivity (Wildman–Crippen MR) is 76.9 cm³/mol. The summed E-state index contributed by atoms with van der Waals surface area (Å²) in [4.78, 5) is 10.3. The molecule has 0 aliphatic rings. The van der Waals surface area contributed by atoms with E-state index >= 15 is 0 Å². The van der Waals surface area contributed by atoms with E-state index in [1.165, 1.54) is 30.3 Å². The first-order chi connectivity index (χ1) is 9.88. The van der Waals surface area contributed by atoms with Gasteiger partial charge < -0.3 is 10.5 Å². The molecule has 0 amide bonds. The molecule has 110 valence electrons. The number of hydrogen-bond donors (Lipinski definition) is 1. The number of hydrogen-bond acceptors (Lipinski definition) is 4. The van der Waals surface area contributed by atoms with Crippen LogP contribution in [0.5, 0.6) is 11.5 Å². The van der Waals surface area contributed by atoms with Crippen molar-refractivity contribution in [1.29, 1.82) is 0 Å². The highest BCUT2D eigenvalue weighted by Gasteiger charge is 2.14. The molecule has 0 saturated heterocycles. The van der Waals surface area contributed by atoms with Gasteiger partial charge in [-0.25, -0.2) is 4.39 Å². The Hall–Kier alpha value is -2.47. The SMILES string of the molecule is Cc1ccc([N+](=O)[O-])cc1Oc1ccc(F)cc1[C@H](C)N. The van der Waals surface area contributed by atoms with Crippen molar-refractivity contribution in [1.82, 2.24) is 0 Å². The number of benzene rings is 2. The van der Waals surface area contributed by atoms with Crippen molar-refractivity contribution >= 4 is 5.69 Å². The Labute approximate surface area is 121 Å². The molecule has 0 unspecified atom stereocenters. The van der Waals surface area contributed by atoms with Crippen molar-refractivity contribution in [3.8, 4) is 11.5 Å². The molecule has 1 atom stereocenters. The monoisotopic (exact) mass is 290 g/mol. The molecule has 0 heterocycles. The van der Waals surface area contributed by atoms with Crippen molar-refractivity contribution < 1.29 is 14.1 Å². The van der Waals surface area contributed by atoms with Gasteiger partial charge in [0.15, 0.2) is 0 Å². The summed E-state index contributed by atoms with van der Waals surface area (Å²) in [6.45, 7) is 3.48. The second-order valence-corrected chi connectivity index (χ2v) is 4.78. The normalized spacial score (nSPS) is 12.0. The third kappa shape index (κ3) is 3.35. The highest BCUT2D eigenvalue weighted by molar-refractivity contribution is 5.47. The summed E-state index contributed by atoms with van der Waals surface area (Å²) in [5.41, 5.74) is 6.97. The van der Waals surface area contributed by atoms with Gasteiger partial charge in [0, 0.05) is 17.7 Å². The third-order valence-electron chi connectivity index (χ3n) is 3.06. The zero-order valence-corrected chi connectivity index (χ0v) is 11.7. The van der Waals surface area contributed by atoms with Gasteiger partial charge in [0.1, 0.15) is 17.3 Å². The summed E-state index contributed by atoms with van der Waals surface area (Å²) in [6.07, 6.45) is 0. The number of nitrogens with two attached hydrogens (primary N) is 1. The number of rotatable bonds is 4. The minimum Gasteiger partial charge on any atom is -0.456 e. The molecule has 0 aromatic heterocycles. The Balaban J connectivity index is 2.43. The Morgan fingerprint density at radius 3 is 2.57 bits per heavy atom. The van der Waals surface area contributed by atoms with Gasteiger partial charge in [0.05, 0.1) is 11.0 Å². The average molecular weight is 290 g/mol. The molecule has 0 bridgehead atoms. The second kappa shape index (κ2) is 5.88. The average Bonchev–Trinajstić information content (AvgIpc) is 2.42. The van der Waals surface area contributed by atoms with E-state index in [4.69, 9.17) is 10.5 Å². The van der Waals surface area contributed by atoms with Crippen LogP contribution in [-0.2, 0) is 0 Å². The Kier molecular flexibility index (Phi) is 4.18. The second-order valence-electron chi connectivity index (χ2n) is 4.78. The van der Waals surface area contributed by atoms with E-state index in [0.717, 1.165) is 5.56 Å². The van der Waals surface area contributed by atoms with Gasteiger partial charge in [-0.2, -0.15) is 0 Å². The third-order valence-corrected chi connectivity index (χ3v) is 3.06. The fourth-order valence-corrected chi connectivity index (χ4v) is 1.90. The van der Waals surface area contributed by atoms with E-state index in [2.05, 4.69) is 0 Å². The first kappa shape index (κ1) is 14.9. The smallest absolute Gasteiger partial charge is 0.273 e. The molecule has 21 heavy (non-hydrogen) atoms. The summed E-state index contributed by atoms with van der Waals surface area (Å²) in [5.74, 6) is 0.318. The Morgan fingerprint density at radius 2 is 1.95 bits per heavy atom. The van der Waals surface area contributed by atoms with Crippen LogP contribution in [0.15, 0.2) is 36.4 Å². The highest BCUT2D eigenvalue weighted by Crippen LogP contribution is 2.33. The molecular formula is C15H15FN2O3. The van der Waals surface area contributed by atoms with Crippen LogP contribution >= 0.6 is 0 Å². The summed E-state index contributed by atoms with van der Waals surface area (Å²) >= 11 is 0. The fraction of sp³-hybridized carbons (Fsp3) is 0.200. The Morgan fingerprint density at radius 1 is 1.24 bits per heavy atom. The summed E-state index contributed by atoms with van der Waals surface area (Å²) in [5, 5.41) is 10.8. The fourth-order valence-electron chi connectivity index (χ4n) is 1.90. The number of halogens is 1. The quantitative estimate of drug-likeness (QED) is 0.685. The van der Waals surface area contributed by atoms with E-state index in [-0.39, 0.29) is 5.69 Å². The number of ether oxygens (including phenoxy) is 1. The zero-order chi connectivity index (χ0) is 15.6. The van der Waals surface area contributed by atoms with Crippen LogP contribution in [0.3, 0.4) is 0 Å². The number of nitro benzene ring substituents is 1. The first-order valence-electron chi connectivity index (χ1n) is 6.36. The van der Waals surface area contributed by atoms with Gasteiger partial charge in [-0.1, -0.05) is 0 Å². The van der Waals surface area contributed by atoms with E-state index in [0.29, 0.717) is 17.1 Å². The van der Waals surface area contributed by atoms with Crippen LogP contribution in [0.1, 0.15) is 24.1 Å². The maximum absolute atomic E-state index is 13.3. The van der Waals surface area contributed by atoms with E-state index in [1.807, 2.05) is 0 Å². The lowest BCUT2D eigenvalue weighted by Gasteiger charge is -2.15. The number of aryl methyl sites for hydroxylation is 1. The number of nitro groups is 1. The van der Waals surface area contributed by atoms with E-state index in [1.54, 1.807) is 19.9 Å². The van der Waals surface area contributed by atoms with Crippen molar-refractivity contribution in [2.24, 2.45) is 5.73 Å². The minimum atomic E-state index is -0.497. The number of non-ortho nitro benzene ring substituents is 1. The van der Waals surface area contributed by atoms with Crippen molar-refractivity contribution in [2.45, 2.75) is 19.9 Å². The van der Waals surface area contributed by atoms with Gasteiger partial charge in [0.25, 0.3) is 5.69 Å². The van der Waals surface area contributed by atoms with Crippen molar-refractivity contribution in [2.75, 3.05) is 0 Å². The lowest BCUT2D eigenvalue weighted by Crippen LogP contribution is -2.07. The molecule has 0 radical (unpaired) electrons. The van der Waals surface area contributed by atoms with Crippen LogP contribution in [0, 0.1) is 22.9 Å². The lowest BCUT2D eigenvalue weighted by atomic mass is 10.1. The molecule has 2 aromatic carbocycles. The van der Waals surface area contributed by atoms with Crippen molar-refractivity contribution in [3.05, 3.63) is 63.5 Å². The van der Waals surface area contributed by atoms with Gasteiger partial charge in [0.2, 0.25) is 0 Å². The molecule has 2 N–H and O–H groups in total. The highest BCUT2D eigenvalue weighted by atomic mass is 19.1. The molecule has 5 nitrogen and oxygen atoms in total. The summed E-state index contributed by atoms with van der Waals surface area (Å²) in [6, 6.07) is 7.94. The van der Waals surface area contributed by atoms with E-state index in [9.17, 15) is 14.5 Å². The molecule has 2 aromatic rings. The van der Waals surface area contributed by atoms with Crippen LogP contribution in [0.4, 0.5) is 10.1 Å². The zero-order valence-electron chi connectivity index (χ0n) is 11.7. The molecule has 0 aliphatic carbocycles. The van der Waals surface area contributed by atoms with E-state index < -0.39 is 16.8 Å². The van der Waals surface area contributed by atoms with Crippen molar-refractivity contribution in [3.63, 3.8) is 0 Å². The largest absolute Gasteiger partial charge is 0.456 e.